The van der Waals surface area contributed by atoms with Crippen LogP contribution in [-0.4, -0.2) is 33.2 Å². The Morgan fingerprint density at radius 3 is 2.81 bits per heavy atom. The molecule has 2 amide bonds. The topological polar surface area (TPSA) is 101 Å². The average molecular weight is 450 g/mol. The van der Waals surface area contributed by atoms with Gasteiger partial charge < -0.3 is 16.0 Å². The lowest BCUT2D eigenvalue weighted by Crippen LogP contribution is -2.55. The van der Waals surface area contributed by atoms with Gasteiger partial charge in [0.15, 0.2) is 0 Å². The van der Waals surface area contributed by atoms with E-state index >= 15 is 0 Å². The van der Waals surface area contributed by atoms with Gasteiger partial charge in [0.05, 0.1) is 33.2 Å². The number of hydrogen-bond acceptors (Lipinski definition) is 6. The molecule has 1 saturated heterocycles. The highest BCUT2D eigenvalue weighted by Crippen LogP contribution is 2.43. The van der Waals surface area contributed by atoms with Gasteiger partial charge in [-0.15, -0.1) is 11.3 Å². The molecule has 3 heterocycles. The third-order valence-corrected chi connectivity index (χ3v) is 7.64. The number of anilines is 2. The maximum atomic E-state index is 13.4. The first-order valence-electron chi connectivity index (χ1n) is 11.1. The fourth-order valence-corrected chi connectivity index (χ4v) is 5.31. The molecule has 32 heavy (non-hydrogen) atoms. The molecule has 1 saturated carbocycles. The Balaban J connectivity index is 1.41. The van der Waals surface area contributed by atoms with Gasteiger partial charge in [0.1, 0.15) is 5.82 Å². The number of rotatable bonds is 3. The van der Waals surface area contributed by atoms with E-state index in [9.17, 15) is 9.59 Å². The molecule has 7 nitrogen and oxygen atoms in total. The maximum Gasteiger partial charge on any atom is 0.313 e. The number of nitrogens with two attached hydrogens (primary N) is 1. The first-order valence-corrected chi connectivity index (χ1v) is 12.0. The highest BCUT2D eigenvalue weighted by Gasteiger charge is 2.43. The third-order valence-electron chi connectivity index (χ3n) is 6.83. The van der Waals surface area contributed by atoms with Crippen molar-refractivity contribution in [3.8, 4) is 0 Å². The zero-order chi connectivity index (χ0) is 22.5. The van der Waals surface area contributed by atoms with Crippen LogP contribution in [0.4, 0.5) is 11.5 Å². The first-order chi connectivity index (χ1) is 15.3. The van der Waals surface area contributed by atoms with E-state index in [1.807, 2.05) is 30.6 Å². The number of piperidine rings is 1. The normalized spacial score (nSPS) is 23.3. The largest absolute Gasteiger partial charge is 0.383 e. The molecule has 8 heteroatoms. The van der Waals surface area contributed by atoms with E-state index in [1.54, 1.807) is 16.2 Å². The Labute approximate surface area is 191 Å². The molecule has 2 aromatic heterocycles. The standard InChI is InChI=1S/C24H27N5O2S/c1-14-7-8-24(2,16-5-6-20-19(9-16)27-13-32-20)29(12-14)23(31)22(30)28-17-10-18(15-3-4-15)21(25)26-11-17/h5-6,9-11,13-15H,3-4,7-8,12H2,1-2H3,(H2,25,26)(H,28,30)/t14-,24-/m0/s1. The smallest absolute Gasteiger partial charge is 0.313 e. The minimum atomic E-state index is -0.645. The molecule has 1 aliphatic heterocycles. The lowest BCUT2D eigenvalue weighted by molar-refractivity contribution is -0.150. The Bertz CT molecular complexity index is 1200. The van der Waals surface area contributed by atoms with E-state index in [4.69, 9.17) is 5.73 Å². The van der Waals surface area contributed by atoms with Gasteiger partial charge in [-0.3, -0.25) is 9.59 Å². The number of likely N-dealkylation sites (tertiary alicyclic amines) is 1. The molecule has 0 bridgehead atoms. The predicted molar refractivity (Wildman–Crippen MR) is 126 cm³/mol. The van der Waals surface area contributed by atoms with Gasteiger partial charge in [-0.2, -0.15) is 0 Å². The number of nitrogens with one attached hydrogen (secondary N) is 1. The van der Waals surface area contributed by atoms with Gasteiger partial charge in [-0.05, 0) is 73.8 Å². The molecule has 3 aromatic rings. The molecule has 5 rings (SSSR count). The van der Waals surface area contributed by atoms with Crippen molar-refractivity contribution in [3.63, 3.8) is 0 Å². The van der Waals surface area contributed by atoms with E-state index in [2.05, 4.69) is 28.3 Å². The predicted octanol–water partition coefficient (Wildman–Crippen LogP) is 4.26. The lowest BCUT2D eigenvalue weighted by atomic mass is 9.79. The summed E-state index contributed by atoms with van der Waals surface area (Å²) in [6.45, 7) is 4.70. The molecular weight excluding hydrogens is 422 g/mol. The van der Waals surface area contributed by atoms with Crippen molar-refractivity contribution < 1.29 is 9.59 Å². The lowest BCUT2D eigenvalue weighted by Gasteiger charge is -2.47. The van der Waals surface area contributed by atoms with E-state index in [-0.39, 0.29) is 0 Å². The second kappa shape index (κ2) is 7.85. The van der Waals surface area contributed by atoms with Crippen molar-refractivity contribution in [2.75, 3.05) is 17.6 Å². The number of carbonyl (C=O) groups is 2. The van der Waals surface area contributed by atoms with Crippen molar-refractivity contribution >= 4 is 44.9 Å². The number of hydrogen-bond donors (Lipinski definition) is 2. The molecule has 1 aromatic carbocycles. The summed E-state index contributed by atoms with van der Waals surface area (Å²) in [4.78, 5) is 36.8. The van der Waals surface area contributed by atoms with Crippen LogP contribution in [0.1, 0.15) is 56.6 Å². The van der Waals surface area contributed by atoms with Crippen molar-refractivity contribution in [2.45, 2.75) is 51.0 Å². The number of nitrogens with zero attached hydrogens (tertiary/aromatic N) is 3. The first kappa shape index (κ1) is 20.9. The van der Waals surface area contributed by atoms with Crippen LogP contribution in [0.3, 0.4) is 0 Å². The van der Waals surface area contributed by atoms with Crippen LogP contribution in [-0.2, 0) is 15.1 Å². The monoisotopic (exact) mass is 449 g/mol. The minimum absolute atomic E-state index is 0.322. The van der Waals surface area contributed by atoms with Crippen LogP contribution in [0.2, 0.25) is 0 Å². The SMILES string of the molecule is C[C@H]1CC[C@@](C)(c2ccc3scnc3c2)N(C(=O)C(=O)Nc2cnc(N)c(C3CC3)c2)C1. The maximum absolute atomic E-state index is 13.4. The van der Waals surface area contributed by atoms with Crippen LogP contribution >= 0.6 is 11.3 Å². The Kier molecular flexibility index (Phi) is 5.12. The Hall–Kier alpha value is -3.00. The molecule has 2 fully saturated rings. The number of fused-ring (bicyclic) bond motifs is 1. The van der Waals surface area contributed by atoms with Crippen LogP contribution in [0, 0.1) is 5.92 Å². The van der Waals surface area contributed by atoms with E-state index in [0.717, 1.165) is 47.0 Å². The molecule has 0 spiro atoms. The Morgan fingerprint density at radius 2 is 2.03 bits per heavy atom. The summed E-state index contributed by atoms with van der Waals surface area (Å²) < 4.78 is 1.11. The van der Waals surface area contributed by atoms with Crippen LogP contribution in [0.15, 0.2) is 36.0 Å². The number of nitrogen functional groups attached to an aromatic ring is 1. The van der Waals surface area contributed by atoms with Crippen molar-refractivity contribution in [1.29, 1.82) is 0 Å². The van der Waals surface area contributed by atoms with E-state index in [0.29, 0.717) is 29.9 Å². The number of thiazole rings is 1. The summed E-state index contributed by atoms with van der Waals surface area (Å²) in [5.74, 6) is 0.0479. The number of carbonyl (C=O) groups excluding carboxylic acids is 2. The number of pyridine rings is 1. The fourth-order valence-electron chi connectivity index (χ4n) is 4.66. The van der Waals surface area contributed by atoms with Gasteiger partial charge in [-0.25, -0.2) is 9.97 Å². The molecule has 2 aliphatic rings. The quantitative estimate of drug-likeness (QED) is 0.582. The Morgan fingerprint density at radius 1 is 1.22 bits per heavy atom. The van der Waals surface area contributed by atoms with Gasteiger partial charge in [0, 0.05) is 6.54 Å². The summed E-state index contributed by atoms with van der Waals surface area (Å²) in [5, 5.41) is 2.76. The number of benzene rings is 1. The van der Waals surface area contributed by atoms with Gasteiger partial charge >= 0.3 is 11.8 Å². The highest BCUT2D eigenvalue weighted by atomic mass is 32.1. The van der Waals surface area contributed by atoms with Gasteiger partial charge in [0.25, 0.3) is 0 Å². The molecule has 0 unspecified atom stereocenters. The zero-order valence-corrected chi connectivity index (χ0v) is 19.1. The average Bonchev–Trinajstić information content (AvgIpc) is 3.52. The van der Waals surface area contributed by atoms with Gasteiger partial charge in [-0.1, -0.05) is 13.0 Å². The van der Waals surface area contributed by atoms with Crippen LogP contribution < -0.4 is 11.1 Å². The summed E-state index contributed by atoms with van der Waals surface area (Å²) in [6.07, 6.45) is 5.45. The number of amides is 2. The molecule has 3 N–H and O–H groups in total. The highest BCUT2D eigenvalue weighted by molar-refractivity contribution is 7.16. The second-order valence-corrected chi connectivity index (χ2v) is 10.2. The number of aromatic nitrogens is 2. The van der Waals surface area contributed by atoms with E-state index < -0.39 is 17.4 Å². The summed E-state index contributed by atoms with van der Waals surface area (Å²) >= 11 is 1.59. The fraction of sp³-hybridized carbons (Fsp3) is 0.417. The summed E-state index contributed by atoms with van der Waals surface area (Å²) in [6, 6.07) is 8.00. The van der Waals surface area contributed by atoms with Crippen LogP contribution in [0.5, 0.6) is 0 Å². The summed E-state index contributed by atoms with van der Waals surface area (Å²) in [5.41, 5.74) is 10.6. The third kappa shape index (κ3) is 3.72. The zero-order valence-electron chi connectivity index (χ0n) is 18.3. The van der Waals surface area contributed by atoms with Crippen molar-refractivity contribution in [3.05, 3.63) is 47.1 Å². The molecular formula is C24H27N5O2S. The minimum Gasteiger partial charge on any atom is -0.383 e. The molecule has 1 aliphatic carbocycles. The molecule has 2 atom stereocenters. The molecule has 0 radical (unpaired) electrons. The second-order valence-electron chi connectivity index (χ2n) is 9.30. The summed E-state index contributed by atoms with van der Waals surface area (Å²) in [7, 11) is 0. The van der Waals surface area contributed by atoms with E-state index in [1.165, 1.54) is 6.20 Å². The van der Waals surface area contributed by atoms with Gasteiger partial charge in [0.2, 0.25) is 0 Å². The van der Waals surface area contributed by atoms with Crippen LogP contribution in [0.25, 0.3) is 10.2 Å². The van der Waals surface area contributed by atoms with Crippen molar-refractivity contribution in [1.82, 2.24) is 14.9 Å². The van der Waals surface area contributed by atoms with Crippen molar-refractivity contribution in [2.24, 2.45) is 5.92 Å². The molecule has 166 valence electrons.